The Morgan fingerprint density at radius 1 is 1.25 bits per heavy atom. The maximum Gasteiger partial charge on any atom is 0.285 e. The monoisotopic (exact) mass is 331 g/mol. The summed E-state index contributed by atoms with van der Waals surface area (Å²) in [5, 5.41) is 10.4. The number of aromatic nitrogens is 2. The number of halogens is 3. The Balaban J connectivity index is 1.88. The Bertz CT molecular complexity index is 658. The highest BCUT2D eigenvalue weighted by atomic mass is 35.5. The molecule has 0 radical (unpaired) electrons. The van der Waals surface area contributed by atoms with Gasteiger partial charge in [0.25, 0.3) is 5.56 Å². The van der Waals surface area contributed by atoms with Gasteiger partial charge in [0.05, 0.1) is 11.9 Å². The van der Waals surface area contributed by atoms with Crippen LogP contribution in [0.15, 0.2) is 29.2 Å². The molecule has 4 nitrogen and oxygen atoms in total. The molecule has 2 aromatic rings. The normalized spacial score (nSPS) is 10.6. The van der Waals surface area contributed by atoms with Gasteiger partial charge in [-0.25, -0.2) is 5.10 Å². The highest BCUT2D eigenvalue weighted by Crippen LogP contribution is 2.22. The van der Waals surface area contributed by atoms with Crippen LogP contribution in [0.4, 0.5) is 5.69 Å². The van der Waals surface area contributed by atoms with Crippen molar-refractivity contribution in [2.45, 2.75) is 12.8 Å². The van der Waals surface area contributed by atoms with Gasteiger partial charge in [-0.3, -0.25) is 4.79 Å². The average Bonchev–Trinajstić information content (AvgIpc) is 2.41. The zero-order valence-corrected chi connectivity index (χ0v) is 12.7. The van der Waals surface area contributed by atoms with Crippen molar-refractivity contribution >= 4 is 40.5 Å². The van der Waals surface area contributed by atoms with Crippen LogP contribution >= 0.6 is 34.8 Å². The van der Waals surface area contributed by atoms with E-state index >= 15 is 0 Å². The van der Waals surface area contributed by atoms with E-state index in [1.165, 1.54) is 6.20 Å². The second-order valence-electron chi connectivity index (χ2n) is 4.19. The molecular weight excluding hydrogens is 321 g/mol. The summed E-state index contributed by atoms with van der Waals surface area (Å²) < 4.78 is 0. The number of nitrogens with zero attached hydrogens (tertiary/aromatic N) is 1. The first kappa shape index (κ1) is 15.2. The summed E-state index contributed by atoms with van der Waals surface area (Å²) in [6.45, 7) is 0.657. The topological polar surface area (TPSA) is 57.8 Å². The van der Waals surface area contributed by atoms with Crippen LogP contribution in [0.1, 0.15) is 12.0 Å². The Morgan fingerprint density at radius 2 is 2.05 bits per heavy atom. The van der Waals surface area contributed by atoms with Crippen LogP contribution in [0.2, 0.25) is 15.1 Å². The van der Waals surface area contributed by atoms with Gasteiger partial charge in [0.15, 0.2) is 0 Å². The van der Waals surface area contributed by atoms with Crippen molar-refractivity contribution in [1.82, 2.24) is 10.2 Å². The van der Waals surface area contributed by atoms with E-state index in [0.29, 0.717) is 22.3 Å². The van der Waals surface area contributed by atoms with Gasteiger partial charge in [-0.05, 0) is 30.5 Å². The van der Waals surface area contributed by atoms with Crippen LogP contribution in [0.3, 0.4) is 0 Å². The Hall–Kier alpha value is -1.23. The number of nitrogens with one attached hydrogen (secondary N) is 2. The number of hydrogen-bond acceptors (Lipinski definition) is 3. The van der Waals surface area contributed by atoms with E-state index in [1.54, 1.807) is 6.07 Å². The predicted molar refractivity (Wildman–Crippen MR) is 83.1 cm³/mol. The molecule has 0 unspecified atom stereocenters. The maximum absolute atomic E-state index is 11.3. The van der Waals surface area contributed by atoms with Gasteiger partial charge in [0, 0.05) is 16.6 Å². The third-order valence-corrected chi connectivity index (χ3v) is 3.71. The maximum atomic E-state index is 11.3. The Labute approximate surface area is 131 Å². The molecule has 20 heavy (non-hydrogen) atoms. The number of benzene rings is 1. The SMILES string of the molecule is O=c1[nH]ncc(NCCCc2ccc(Cl)cc2Cl)c1Cl. The van der Waals surface area contributed by atoms with Crippen LogP contribution < -0.4 is 10.9 Å². The van der Waals surface area contributed by atoms with Crippen LogP contribution in [0, 0.1) is 0 Å². The van der Waals surface area contributed by atoms with Crippen molar-refractivity contribution in [2.24, 2.45) is 0 Å². The van der Waals surface area contributed by atoms with E-state index in [1.807, 2.05) is 12.1 Å². The summed E-state index contributed by atoms with van der Waals surface area (Å²) in [4.78, 5) is 11.3. The molecule has 0 saturated carbocycles. The molecule has 0 bridgehead atoms. The van der Waals surface area contributed by atoms with E-state index in [9.17, 15) is 4.79 Å². The fourth-order valence-electron chi connectivity index (χ4n) is 1.73. The van der Waals surface area contributed by atoms with Gasteiger partial charge in [-0.2, -0.15) is 5.10 Å². The molecule has 0 aliphatic carbocycles. The third-order valence-electron chi connectivity index (χ3n) is 2.75. The lowest BCUT2D eigenvalue weighted by Gasteiger charge is -2.08. The van der Waals surface area contributed by atoms with Gasteiger partial charge in [0.2, 0.25) is 0 Å². The lowest BCUT2D eigenvalue weighted by atomic mass is 10.1. The van der Waals surface area contributed by atoms with Crippen LogP contribution in [-0.4, -0.2) is 16.7 Å². The Kier molecular flexibility index (Phi) is 5.29. The van der Waals surface area contributed by atoms with E-state index in [4.69, 9.17) is 34.8 Å². The summed E-state index contributed by atoms with van der Waals surface area (Å²) >= 11 is 17.8. The van der Waals surface area contributed by atoms with E-state index in [2.05, 4.69) is 15.5 Å². The van der Waals surface area contributed by atoms with Gasteiger partial charge >= 0.3 is 0 Å². The minimum atomic E-state index is -0.405. The fourth-order valence-corrected chi connectivity index (χ4v) is 2.39. The summed E-state index contributed by atoms with van der Waals surface area (Å²) in [5.41, 5.74) is 1.16. The number of rotatable bonds is 5. The molecule has 0 aliphatic heterocycles. The molecule has 1 aromatic carbocycles. The molecule has 1 aromatic heterocycles. The van der Waals surface area contributed by atoms with Crippen LogP contribution in [0.5, 0.6) is 0 Å². The van der Waals surface area contributed by atoms with Gasteiger partial charge < -0.3 is 5.32 Å². The highest BCUT2D eigenvalue weighted by Gasteiger charge is 2.05. The first-order valence-corrected chi connectivity index (χ1v) is 7.12. The number of H-pyrrole nitrogens is 1. The summed E-state index contributed by atoms with van der Waals surface area (Å²) in [6, 6.07) is 5.45. The first-order valence-electron chi connectivity index (χ1n) is 5.99. The second kappa shape index (κ2) is 6.97. The van der Waals surface area contributed by atoms with Crippen molar-refractivity contribution in [1.29, 1.82) is 0 Å². The second-order valence-corrected chi connectivity index (χ2v) is 5.41. The minimum absolute atomic E-state index is 0.115. The molecular formula is C13H12Cl3N3O. The predicted octanol–water partition coefficient (Wildman–Crippen LogP) is 3.77. The third kappa shape index (κ3) is 3.88. The van der Waals surface area contributed by atoms with E-state index in [0.717, 1.165) is 18.4 Å². The molecule has 106 valence electrons. The molecule has 1 heterocycles. The molecule has 0 spiro atoms. The minimum Gasteiger partial charge on any atom is -0.382 e. The average molecular weight is 333 g/mol. The quantitative estimate of drug-likeness (QED) is 0.819. The van der Waals surface area contributed by atoms with E-state index < -0.39 is 5.56 Å². The van der Waals surface area contributed by atoms with Crippen molar-refractivity contribution < 1.29 is 0 Å². The molecule has 0 atom stereocenters. The molecule has 0 saturated heterocycles. The van der Waals surface area contributed by atoms with Gasteiger partial charge in [0.1, 0.15) is 5.02 Å². The molecule has 2 rings (SSSR count). The fraction of sp³-hybridized carbons (Fsp3) is 0.231. The molecule has 0 amide bonds. The summed E-state index contributed by atoms with van der Waals surface area (Å²) in [6.07, 6.45) is 3.13. The molecule has 0 fully saturated rings. The highest BCUT2D eigenvalue weighted by molar-refractivity contribution is 6.35. The van der Waals surface area contributed by atoms with Crippen molar-refractivity contribution in [3.05, 3.63) is 55.4 Å². The standard InChI is InChI=1S/C13H12Cl3N3O/c14-9-4-3-8(10(15)6-9)2-1-5-17-11-7-18-19-13(20)12(11)16/h3-4,6-7H,1-2,5H2,(H2,17,19,20). The zero-order valence-electron chi connectivity index (χ0n) is 10.4. The first-order chi connectivity index (χ1) is 9.58. The van der Waals surface area contributed by atoms with Crippen LogP contribution in [-0.2, 0) is 6.42 Å². The number of aromatic amines is 1. The van der Waals surface area contributed by atoms with Crippen LogP contribution in [0.25, 0.3) is 0 Å². The lowest BCUT2D eigenvalue weighted by molar-refractivity contribution is 0.859. The number of anilines is 1. The molecule has 2 N–H and O–H groups in total. The number of aryl methyl sites for hydroxylation is 1. The summed E-state index contributed by atoms with van der Waals surface area (Å²) in [5.74, 6) is 0. The molecule has 0 aliphatic rings. The van der Waals surface area contributed by atoms with Gasteiger partial charge in [-0.1, -0.05) is 40.9 Å². The smallest absolute Gasteiger partial charge is 0.285 e. The largest absolute Gasteiger partial charge is 0.382 e. The van der Waals surface area contributed by atoms with Crippen molar-refractivity contribution in [2.75, 3.05) is 11.9 Å². The lowest BCUT2D eigenvalue weighted by Crippen LogP contribution is -2.12. The van der Waals surface area contributed by atoms with Crippen molar-refractivity contribution in [3.8, 4) is 0 Å². The Morgan fingerprint density at radius 3 is 2.80 bits per heavy atom. The van der Waals surface area contributed by atoms with E-state index in [-0.39, 0.29) is 5.02 Å². The zero-order chi connectivity index (χ0) is 14.5. The van der Waals surface area contributed by atoms with Gasteiger partial charge in [-0.15, -0.1) is 0 Å². The van der Waals surface area contributed by atoms with Crippen molar-refractivity contribution in [3.63, 3.8) is 0 Å². The number of hydrogen-bond donors (Lipinski definition) is 2. The summed E-state index contributed by atoms with van der Waals surface area (Å²) in [7, 11) is 0. The molecule has 7 heteroatoms.